The van der Waals surface area contributed by atoms with Crippen molar-refractivity contribution in [1.82, 2.24) is 4.98 Å². The Labute approximate surface area is 99.3 Å². The molecule has 1 saturated carbocycles. The highest BCUT2D eigenvalue weighted by Gasteiger charge is 2.27. The van der Waals surface area contributed by atoms with Gasteiger partial charge in [-0.2, -0.15) is 0 Å². The first-order valence-electron chi connectivity index (χ1n) is 5.46. The van der Waals surface area contributed by atoms with E-state index < -0.39 is 6.10 Å². The van der Waals surface area contributed by atoms with Gasteiger partial charge in [-0.1, -0.05) is 31.4 Å². The van der Waals surface area contributed by atoms with Crippen LogP contribution in [0.1, 0.15) is 43.7 Å². The number of rotatable bonds is 2. The highest BCUT2D eigenvalue weighted by atomic mass is 35.5. The van der Waals surface area contributed by atoms with Crippen molar-refractivity contribution in [3.8, 4) is 0 Å². The lowest BCUT2D eigenvalue weighted by atomic mass is 9.80. The molecule has 1 heterocycles. The summed E-state index contributed by atoms with van der Waals surface area (Å²) in [6.07, 6.45) is 5.95. The number of nitrogens with zero attached hydrogens (tertiary/aromatic N) is 1. The maximum atomic E-state index is 10.2. The van der Waals surface area contributed by atoms with E-state index in [4.69, 9.17) is 11.6 Å². The first kappa shape index (κ1) is 11.4. The number of aromatic nitrogens is 1. The minimum Gasteiger partial charge on any atom is -0.386 e. The van der Waals surface area contributed by atoms with Crippen LogP contribution < -0.4 is 0 Å². The summed E-state index contributed by atoms with van der Waals surface area (Å²) in [6.45, 7) is 2.26. The quantitative estimate of drug-likeness (QED) is 0.863. The van der Waals surface area contributed by atoms with Crippen molar-refractivity contribution in [1.29, 1.82) is 0 Å². The molecule has 1 aliphatic carbocycles. The Morgan fingerprint density at radius 3 is 3.00 bits per heavy atom. The molecule has 1 fully saturated rings. The Kier molecular flexibility index (Phi) is 3.65. The second kappa shape index (κ2) is 4.81. The van der Waals surface area contributed by atoms with E-state index in [1.807, 2.05) is 0 Å². The van der Waals surface area contributed by atoms with Gasteiger partial charge in [0, 0.05) is 0 Å². The molecule has 1 aliphatic rings. The van der Waals surface area contributed by atoms with E-state index in [9.17, 15) is 5.11 Å². The summed E-state index contributed by atoms with van der Waals surface area (Å²) in [5.74, 6) is 1.10. The Bertz CT molecular complexity index is 328. The van der Waals surface area contributed by atoms with Crippen LogP contribution in [0.4, 0.5) is 0 Å². The fraction of sp³-hybridized carbons (Fsp3) is 0.727. The zero-order valence-electron chi connectivity index (χ0n) is 8.82. The molecule has 1 aromatic rings. The number of halogens is 1. The molecular weight excluding hydrogens is 230 g/mol. The first-order valence-corrected chi connectivity index (χ1v) is 6.65. The molecule has 2 nitrogen and oxygen atoms in total. The van der Waals surface area contributed by atoms with Gasteiger partial charge in [0.25, 0.3) is 0 Å². The average Bonchev–Trinajstić information content (AvgIpc) is 2.64. The highest BCUT2D eigenvalue weighted by Crippen LogP contribution is 2.38. The van der Waals surface area contributed by atoms with Crippen molar-refractivity contribution in [2.24, 2.45) is 11.8 Å². The second-order valence-corrected chi connectivity index (χ2v) is 6.17. The monoisotopic (exact) mass is 245 g/mol. The summed E-state index contributed by atoms with van der Waals surface area (Å²) in [6, 6.07) is 0. The third-order valence-electron chi connectivity index (χ3n) is 3.17. The number of aliphatic hydroxyl groups is 1. The van der Waals surface area contributed by atoms with Crippen molar-refractivity contribution in [2.75, 3.05) is 0 Å². The van der Waals surface area contributed by atoms with Gasteiger partial charge in [0.1, 0.15) is 15.4 Å². The summed E-state index contributed by atoms with van der Waals surface area (Å²) >= 11 is 7.21. The Hall–Kier alpha value is -0.120. The van der Waals surface area contributed by atoms with Gasteiger partial charge in [0.15, 0.2) is 0 Å². The Morgan fingerprint density at radius 1 is 1.60 bits per heavy atom. The standard InChI is InChI=1S/C11H16ClNOS/c1-7-3-2-4-8(5-7)10(14)11-13-6-9(12)15-11/h6-8,10,14H,2-5H2,1H3. The molecule has 84 valence electrons. The summed E-state index contributed by atoms with van der Waals surface area (Å²) < 4.78 is 0.660. The van der Waals surface area contributed by atoms with Crippen LogP contribution in [-0.4, -0.2) is 10.1 Å². The van der Waals surface area contributed by atoms with Gasteiger partial charge in [-0.15, -0.1) is 11.3 Å². The van der Waals surface area contributed by atoms with Gasteiger partial charge in [0.2, 0.25) is 0 Å². The van der Waals surface area contributed by atoms with E-state index in [-0.39, 0.29) is 0 Å². The lowest BCUT2D eigenvalue weighted by molar-refractivity contribution is 0.0712. The fourth-order valence-electron chi connectivity index (χ4n) is 2.37. The third kappa shape index (κ3) is 2.71. The minimum atomic E-state index is -0.412. The van der Waals surface area contributed by atoms with Gasteiger partial charge in [-0.05, 0) is 24.7 Å². The summed E-state index contributed by atoms with van der Waals surface area (Å²) in [4.78, 5) is 4.15. The first-order chi connectivity index (χ1) is 7.16. The van der Waals surface area contributed by atoms with Crippen molar-refractivity contribution in [3.05, 3.63) is 15.5 Å². The zero-order chi connectivity index (χ0) is 10.8. The normalized spacial score (nSPS) is 29.0. The molecule has 1 aromatic heterocycles. The molecule has 0 amide bonds. The molecule has 3 atom stereocenters. The van der Waals surface area contributed by atoms with E-state index >= 15 is 0 Å². The maximum absolute atomic E-state index is 10.2. The van der Waals surface area contributed by atoms with E-state index in [1.165, 1.54) is 24.2 Å². The van der Waals surface area contributed by atoms with E-state index in [2.05, 4.69) is 11.9 Å². The molecule has 0 aromatic carbocycles. The molecule has 15 heavy (non-hydrogen) atoms. The van der Waals surface area contributed by atoms with Crippen LogP contribution in [0.25, 0.3) is 0 Å². The SMILES string of the molecule is CC1CCCC(C(O)c2ncc(Cl)s2)C1. The smallest absolute Gasteiger partial charge is 0.123 e. The number of hydrogen-bond acceptors (Lipinski definition) is 3. The van der Waals surface area contributed by atoms with Crippen LogP contribution in [0.5, 0.6) is 0 Å². The van der Waals surface area contributed by atoms with Crippen molar-refractivity contribution in [2.45, 2.75) is 38.7 Å². The number of aliphatic hydroxyl groups excluding tert-OH is 1. The number of thiazole rings is 1. The van der Waals surface area contributed by atoms with E-state index in [1.54, 1.807) is 6.20 Å². The molecule has 1 N–H and O–H groups in total. The van der Waals surface area contributed by atoms with E-state index in [0.717, 1.165) is 23.8 Å². The van der Waals surface area contributed by atoms with E-state index in [0.29, 0.717) is 10.3 Å². The third-order valence-corrected chi connectivity index (χ3v) is 4.36. The summed E-state index contributed by atoms with van der Waals surface area (Å²) in [5, 5.41) is 10.9. The van der Waals surface area contributed by atoms with Crippen molar-refractivity contribution >= 4 is 22.9 Å². The topological polar surface area (TPSA) is 33.1 Å². The lowest BCUT2D eigenvalue weighted by Gasteiger charge is -2.29. The fourth-order valence-corrected chi connectivity index (χ4v) is 3.38. The van der Waals surface area contributed by atoms with Crippen molar-refractivity contribution < 1.29 is 5.11 Å². The second-order valence-electron chi connectivity index (χ2n) is 4.48. The zero-order valence-corrected chi connectivity index (χ0v) is 10.4. The van der Waals surface area contributed by atoms with Crippen LogP contribution in [0.3, 0.4) is 0 Å². The predicted octanol–water partition coefficient (Wildman–Crippen LogP) is 3.66. The van der Waals surface area contributed by atoms with Gasteiger partial charge in [0.05, 0.1) is 6.20 Å². The molecule has 0 radical (unpaired) electrons. The summed E-state index contributed by atoms with van der Waals surface area (Å²) in [5.41, 5.74) is 0. The van der Waals surface area contributed by atoms with Gasteiger partial charge < -0.3 is 5.11 Å². The minimum absolute atomic E-state index is 0.371. The largest absolute Gasteiger partial charge is 0.386 e. The molecule has 0 bridgehead atoms. The van der Waals surface area contributed by atoms with Crippen molar-refractivity contribution in [3.63, 3.8) is 0 Å². The van der Waals surface area contributed by atoms with Gasteiger partial charge in [-0.3, -0.25) is 0 Å². The molecular formula is C11H16ClNOS. The predicted molar refractivity (Wildman–Crippen MR) is 63.2 cm³/mol. The molecule has 4 heteroatoms. The molecule has 0 spiro atoms. The van der Waals surface area contributed by atoms with Crippen LogP contribution in [0.15, 0.2) is 6.20 Å². The average molecular weight is 246 g/mol. The highest BCUT2D eigenvalue weighted by molar-refractivity contribution is 7.15. The maximum Gasteiger partial charge on any atom is 0.123 e. The van der Waals surface area contributed by atoms with Crippen LogP contribution in [0.2, 0.25) is 4.34 Å². The summed E-state index contributed by atoms with van der Waals surface area (Å²) in [7, 11) is 0. The molecule has 3 unspecified atom stereocenters. The molecule has 0 saturated heterocycles. The van der Waals surface area contributed by atoms with Crippen LogP contribution in [-0.2, 0) is 0 Å². The Balaban J connectivity index is 2.03. The molecule has 0 aliphatic heterocycles. The molecule has 2 rings (SSSR count). The van der Waals surface area contributed by atoms with Gasteiger partial charge >= 0.3 is 0 Å². The lowest BCUT2D eigenvalue weighted by Crippen LogP contribution is -2.20. The van der Waals surface area contributed by atoms with Crippen LogP contribution >= 0.6 is 22.9 Å². The van der Waals surface area contributed by atoms with Gasteiger partial charge in [-0.25, -0.2) is 4.98 Å². The van der Waals surface area contributed by atoms with Crippen LogP contribution in [0, 0.1) is 11.8 Å². The number of hydrogen-bond donors (Lipinski definition) is 1. The Morgan fingerprint density at radius 2 is 2.40 bits per heavy atom.